The molecular formula is C15H20N4O3. The highest BCUT2D eigenvalue weighted by Crippen LogP contribution is 2.42. The fraction of sp³-hybridized carbons (Fsp3) is 0.400. The number of imidazole rings is 1. The molecule has 1 aromatic heterocycles. The number of benzene rings is 1. The van der Waals surface area contributed by atoms with E-state index >= 15 is 0 Å². The fourth-order valence-electron chi connectivity index (χ4n) is 2.83. The van der Waals surface area contributed by atoms with Crippen LogP contribution in [0.15, 0.2) is 24.5 Å². The monoisotopic (exact) mass is 304 g/mol. The van der Waals surface area contributed by atoms with Crippen molar-refractivity contribution < 1.29 is 14.2 Å². The molecule has 2 atom stereocenters. The van der Waals surface area contributed by atoms with Crippen LogP contribution in [-0.4, -0.2) is 37.8 Å². The number of H-pyrrole nitrogens is 1. The number of methoxy groups -OCH3 is 3. The number of hydrogen-bond donors (Lipinski definition) is 3. The second-order valence-electron chi connectivity index (χ2n) is 5.04. The van der Waals surface area contributed by atoms with Gasteiger partial charge in [0, 0.05) is 18.9 Å². The molecule has 0 radical (unpaired) electrons. The molecule has 1 aliphatic rings. The van der Waals surface area contributed by atoms with Gasteiger partial charge in [0.2, 0.25) is 5.75 Å². The van der Waals surface area contributed by atoms with E-state index in [0.29, 0.717) is 17.2 Å². The van der Waals surface area contributed by atoms with Crippen LogP contribution in [0, 0.1) is 0 Å². The van der Waals surface area contributed by atoms with E-state index in [1.807, 2.05) is 18.3 Å². The normalized spacial score (nSPS) is 20.9. The molecule has 1 fully saturated rings. The lowest BCUT2D eigenvalue weighted by Crippen LogP contribution is -2.25. The number of ether oxygens (including phenoxy) is 3. The van der Waals surface area contributed by atoms with Gasteiger partial charge in [0.15, 0.2) is 11.5 Å². The average molecular weight is 304 g/mol. The molecule has 0 saturated carbocycles. The van der Waals surface area contributed by atoms with Gasteiger partial charge in [-0.15, -0.1) is 0 Å². The molecule has 0 spiro atoms. The van der Waals surface area contributed by atoms with Crippen LogP contribution in [0.5, 0.6) is 17.2 Å². The van der Waals surface area contributed by atoms with Crippen molar-refractivity contribution in [3.63, 3.8) is 0 Å². The Bertz CT molecular complexity index is 605. The van der Waals surface area contributed by atoms with Crippen molar-refractivity contribution in [1.82, 2.24) is 20.8 Å². The average Bonchev–Trinajstić information content (AvgIpc) is 3.23. The Hall–Kier alpha value is -2.25. The van der Waals surface area contributed by atoms with Crippen LogP contribution in [0.4, 0.5) is 0 Å². The smallest absolute Gasteiger partial charge is 0.203 e. The minimum absolute atomic E-state index is 0.0554. The van der Waals surface area contributed by atoms with Crippen LogP contribution in [0.2, 0.25) is 0 Å². The molecule has 1 aromatic carbocycles. The van der Waals surface area contributed by atoms with E-state index in [-0.39, 0.29) is 12.0 Å². The van der Waals surface area contributed by atoms with Crippen LogP contribution in [-0.2, 0) is 0 Å². The van der Waals surface area contributed by atoms with Gasteiger partial charge in [0.1, 0.15) is 5.82 Å². The van der Waals surface area contributed by atoms with E-state index in [1.54, 1.807) is 27.5 Å². The lowest BCUT2D eigenvalue weighted by atomic mass is 9.93. The first kappa shape index (κ1) is 14.7. The lowest BCUT2D eigenvalue weighted by molar-refractivity contribution is 0.323. The number of nitrogens with zero attached hydrogens (tertiary/aromatic N) is 1. The molecule has 0 bridgehead atoms. The third kappa shape index (κ3) is 2.49. The largest absolute Gasteiger partial charge is 0.493 e. The topological polar surface area (TPSA) is 80.4 Å². The molecule has 118 valence electrons. The summed E-state index contributed by atoms with van der Waals surface area (Å²) in [5.41, 5.74) is 7.52. The summed E-state index contributed by atoms with van der Waals surface area (Å²) < 4.78 is 16.2. The Balaban J connectivity index is 2.00. The van der Waals surface area contributed by atoms with E-state index in [4.69, 9.17) is 14.2 Å². The molecule has 0 aliphatic carbocycles. The van der Waals surface area contributed by atoms with Crippen LogP contribution < -0.4 is 25.1 Å². The lowest BCUT2D eigenvalue weighted by Gasteiger charge is -2.20. The van der Waals surface area contributed by atoms with Gasteiger partial charge in [-0.2, -0.15) is 0 Å². The SMILES string of the molecule is COc1cc(C2NNCC2c2ncc[nH]2)cc(OC)c1OC. The van der Waals surface area contributed by atoms with Gasteiger partial charge in [-0.05, 0) is 17.7 Å². The summed E-state index contributed by atoms with van der Waals surface area (Å²) in [5, 5.41) is 0. The number of rotatable bonds is 5. The number of hydrogen-bond acceptors (Lipinski definition) is 6. The highest BCUT2D eigenvalue weighted by Gasteiger charge is 2.32. The van der Waals surface area contributed by atoms with Crippen molar-refractivity contribution in [2.45, 2.75) is 12.0 Å². The van der Waals surface area contributed by atoms with Crippen molar-refractivity contribution in [3.05, 3.63) is 35.9 Å². The molecule has 22 heavy (non-hydrogen) atoms. The Morgan fingerprint density at radius 1 is 1.09 bits per heavy atom. The van der Waals surface area contributed by atoms with Crippen molar-refractivity contribution in [2.24, 2.45) is 0 Å². The summed E-state index contributed by atoms with van der Waals surface area (Å²) in [4.78, 5) is 7.55. The summed E-state index contributed by atoms with van der Waals surface area (Å²) in [6.07, 6.45) is 3.60. The third-order valence-corrected chi connectivity index (χ3v) is 3.90. The van der Waals surface area contributed by atoms with Crippen LogP contribution in [0.1, 0.15) is 23.3 Å². The van der Waals surface area contributed by atoms with Gasteiger partial charge in [0.05, 0.1) is 33.3 Å². The van der Waals surface area contributed by atoms with E-state index in [0.717, 1.165) is 17.9 Å². The molecule has 2 aromatic rings. The Kier molecular flexibility index (Phi) is 4.17. The molecule has 7 nitrogen and oxygen atoms in total. The van der Waals surface area contributed by atoms with E-state index < -0.39 is 0 Å². The predicted molar refractivity (Wildman–Crippen MR) is 81.3 cm³/mol. The van der Waals surface area contributed by atoms with Crippen molar-refractivity contribution in [2.75, 3.05) is 27.9 Å². The zero-order chi connectivity index (χ0) is 15.5. The maximum absolute atomic E-state index is 5.43. The number of aromatic nitrogens is 2. The van der Waals surface area contributed by atoms with Crippen LogP contribution >= 0.6 is 0 Å². The van der Waals surface area contributed by atoms with Crippen molar-refractivity contribution in [3.8, 4) is 17.2 Å². The maximum atomic E-state index is 5.43. The van der Waals surface area contributed by atoms with Gasteiger partial charge in [0.25, 0.3) is 0 Å². The Morgan fingerprint density at radius 3 is 2.36 bits per heavy atom. The van der Waals surface area contributed by atoms with E-state index in [9.17, 15) is 0 Å². The Morgan fingerprint density at radius 2 is 1.82 bits per heavy atom. The van der Waals surface area contributed by atoms with Crippen LogP contribution in [0.3, 0.4) is 0 Å². The quantitative estimate of drug-likeness (QED) is 0.774. The summed E-state index contributed by atoms with van der Waals surface area (Å²) >= 11 is 0. The van der Waals surface area contributed by atoms with Gasteiger partial charge in [-0.25, -0.2) is 10.4 Å². The molecular weight excluding hydrogens is 284 g/mol. The molecule has 3 rings (SSSR count). The van der Waals surface area contributed by atoms with Gasteiger partial charge in [-0.3, -0.25) is 5.43 Å². The molecule has 0 amide bonds. The molecule has 7 heteroatoms. The van der Waals surface area contributed by atoms with Gasteiger partial charge >= 0.3 is 0 Å². The first-order valence-corrected chi connectivity index (χ1v) is 7.06. The minimum Gasteiger partial charge on any atom is -0.493 e. The molecule has 2 unspecified atom stereocenters. The fourth-order valence-corrected chi connectivity index (χ4v) is 2.83. The third-order valence-electron chi connectivity index (χ3n) is 3.90. The zero-order valence-corrected chi connectivity index (χ0v) is 12.8. The predicted octanol–water partition coefficient (Wildman–Crippen LogP) is 1.37. The standard InChI is InChI=1S/C15H20N4O3/c1-20-11-6-9(7-12(21-2)14(11)22-3)13-10(8-18-19-13)15-16-4-5-17-15/h4-7,10,13,18-19H,8H2,1-3H3,(H,16,17). The van der Waals surface area contributed by atoms with E-state index in [2.05, 4.69) is 20.8 Å². The molecule has 1 aliphatic heterocycles. The zero-order valence-electron chi connectivity index (χ0n) is 12.8. The number of hydrazine groups is 1. The Labute approximate surface area is 129 Å². The minimum atomic E-state index is 0.0554. The molecule has 3 N–H and O–H groups in total. The second-order valence-corrected chi connectivity index (χ2v) is 5.04. The van der Waals surface area contributed by atoms with Crippen LogP contribution in [0.25, 0.3) is 0 Å². The highest BCUT2D eigenvalue weighted by molar-refractivity contribution is 5.54. The van der Waals surface area contributed by atoms with Crippen molar-refractivity contribution >= 4 is 0 Å². The van der Waals surface area contributed by atoms with Gasteiger partial charge < -0.3 is 19.2 Å². The van der Waals surface area contributed by atoms with Crippen molar-refractivity contribution in [1.29, 1.82) is 0 Å². The first-order chi connectivity index (χ1) is 10.8. The summed E-state index contributed by atoms with van der Waals surface area (Å²) in [7, 11) is 4.83. The number of aromatic amines is 1. The number of nitrogens with one attached hydrogen (secondary N) is 3. The highest BCUT2D eigenvalue weighted by atomic mass is 16.5. The molecule has 1 saturated heterocycles. The molecule has 2 heterocycles. The second kappa shape index (κ2) is 6.25. The summed E-state index contributed by atoms with van der Waals surface area (Å²) in [5.74, 6) is 3.01. The van der Waals surface area contributed by atoms with Gasteiger partial charge in [-0.1, -0.05) is 0 Å². The first-order valence-electron chi connectivity index (χ1n) is 7.06. The summed E-state index contributed by atoms with van der Waals surface area (Å²) in [6.45, 7) is 0.787. The van der Waals surface area contributed by atoms with E-state index in [1.165, 1.54) is 0 Å². The summed E-state index contributed by atoms with van der Waals surface area (Å²) in [6, 6.07) is 3.98. The maximum Gasteiger partial charge on any atom is 0.203 e.